The van der Waals surface area contributed by atoms with Crippen molar-refractivity contribution < 1.29 is 4.79 Å². The molecule has 0 fully saturated rings. The third kappa shape index (κ3) is 4.04. The highest BCUT2D eigenvalue weighted by atomic mass is 35.5. The first kappa shape index (κ1) is 16.3. The van der Waals surface area contributed by atoms with Crippen LogP contribution in [0.15, 0.2) is 67.0 Å². The number of amides is 1. The topological polar surface area (TPSA) is 54.0 Å². The van der Waals surface area contributed by atoms with Crippen LogP contribution in [0.5, 0.6) is 0 Å². The molecule has 2 aromatic carbocycles. The molecule has 1 heterocycles. The summed E-state index contributed by atoms with van der Waals surface area (Å²) in [7, 11) is 0. The summed E-state index contributed by atoms with van der Waals surface area (Å²) in [5, 5.41) is 7.08. The fraction of sp³-hybridized carbons (Fsp3) is 0. The zero-order chi connectivity index (χ0) is 16.9. The molecule has 0 aliphatic heterocycles. The number of pyridine rings is 1. The highest BCUT2D eigenvalue weighted by Crippen LogP contribution is 2.22. The quantitative estimate of drug-likeness (QED) is 0.658. The number of aromatic nitrogens is 1. The van der Waals surface area contributed by atoms with Crippen molar-refractivity contribution in [3.8, 4) is 0 Å². The van der Waals surface area contributed by atoms with Gasteiger partial charge in [-0.15, -0.1) is 0 Å². The number of nitrogens with one attached hydrogen (secondary N) is 2. The van der Waals surface area contributed by atoms with Crippen LogP contribution in [-0.4, -0.2) is 10.9 Å². The lowest BCUT2D eigenvalue weighted by atomic mass is 10.2. The summed E-state index contributed by atoms with van der Waals surface area (Å²) in [6.07, 6.45) is 3.14. The maximum Gasteiger partial charge on any atom is 0.257 e. The van der Waals surface area contributed by atoms with Crippen molar-refractivity contribution in [3.05, 3.63) is 82.6 Å². The van der Waals surface area contributed by atoms with Crippen molar-refractivity contribution in [3.63, 3.8) is 0 Å². The molecule has 6 heteroatoms. The van der Waals surface area contributed by atoms with Crippen molar-refractivity contribution in [2.24, 2.45) is 0 Å². The van der Waals surface area contributed by atoms with Crippen molar-refractivity contribution in [1.29, 1.82) is 0 Å². The van der Waals surface area contributed by atoms with Gasteiger partial charge in [0.1, 0.15) is 0 Å². The summed E-state index contributed by atoms with van der Waals surface area (Å²) in [6, 6.07) is 16.0. The first-order valence-electron chi connectivity index (χ1n) is 7.15. The van der Waals surface area contributed by atoms with Crippen molar-refractivity contribution in [2.45, 2.75) is 0 Å². The average molecular weight is 358 g/mol. The largest absolute Gasteiger partial charge is 0.354 e. The second kappa shape index (κ2) is 7.34. The number of para-hydroxylation sites is 1. The molecular weight excluding hydrogens is 345 g/mol. The fourth-order valence-corrected chi connectivity index (χ4v) is 2.40. The Hall–Kier alpha value is -2.56. The summed E-state index contributed by atoms with van der Waals surface area (Å²) < 4.78 is 0. The number of carbonyl (C=O) groups excluding carboxylic acids is 1. The highest BCUT2D eigenvalue weighted by Gasteiger charge is 2.09. The first-order valence-corrected chi connectivity index (χ1v) is 7.91. The average Bonchev–Trinajstić information content (AvgIpc) is 2.59. The monoisotopic (exact) mass is 357 g/mol. The maximum absolute atomic E-state index is 12.4. The predicted molar refractivity (Wildman–Crippen MR) is 98.4 cm³/mol. The molecule has 120 valence electrons. The number of carbonyl (C=O) groups is 1. The molecule has 0 spiro atoms. The van der Waals surface area contributed by atoms with Crippen molar-refractivity contribution >= 4 is 46.2 Å². The third-order valence-electron chi connectivity index (χ3n) is 3.26. The minimum absolute atomic E-state index is 0.282. The second-order valence-electron chi connectivity index (χ2n) is 5.03. The SMILES string of the molecule is O=C(Nc1ccccc1Cl)c1cncc(Nc2ccc(Cl)cc2)c1. The molecule has 0 unspecified atom stereocenters. The minimum Gasteiger partial charge on any atom is -0.354 e. The lowest BCUT2D eigenvalue weighted by molar-refractivity contribution is 0.102. The maximum atomic E-state index is 12.4. The zero-order valence-electron chi connectivity index (χ0n) is 12.5. The molecule has 3 rings (SSSR count). The number of halogens is 2. The summed E-state index contributed by atoms with van der Waals surface area (Å²) >= 11 is 11.9. The van der Waals surface area contributed by atoms with Crippen LogP contribution < -0.4 is 10.6 Å². The van der Waals surface area contributed by atoms with Crippen LogP contribution in [-0.2, 0) is 0 Å². The van der Waals surface area contributed by atoms with E-state index in [1.54, 1.807) is 48.7 Å². The van der Waals surface area contributed by atoms with E-state index in [0.717, 1.165) is 5.69 Å². The Morgan fingerprint density at radius 1 is 0.917 bits per heavy atom. The van der Waals surface area contributed by atoms with E-state index in [0.29, 0.717) is 27.0 Å². The normalized spacial score (nSPS) is 10.2. The van der Waals surface area contributed by atoms with E-state index in [4.69, 9.17) is 23.2 Å². The number of anilines is 3. The molecule has 1 aromatic heterocycles. The van der Waals surface area contributed by atoms with Crippen LogP contribution >= 0.6 is 23.2 Å². The molecule has 0 aliphatic rings. The Balaban J connectivity index is 1.76. The standard InChI is InChI=1S/C18H13Cl2N3O/c19-13-5-7-14(8-6-13)22-15-9-12(10-21-11-15)18(24)23-17-4-2-1-3-16(17)20/h1-11,22H,(H,23,24). The smallest absolute Gasteiger partial charge is 0.257 e. The van der Waals surface area contributed by atoms with Gasteiger partial charge in [0.2, 0.25) is 0 Å². The summed E-state index contributed by atoms with van der Waals surface area (Å²) in [4.78, 5) is 16.5. The van der Waals surface area contributed by atoms with E-state index in [2.05, 4.69) is 15.6 Å². The van der Waals surface area contributed by atoms with Crippen LogP contribution in [0.25, 0.3) is 0 Å². The molecule has 2 N–H and O–H groups in total. The van der Waals surface area contributed by atoms with Crippen LogP contribution in [0.1, 0.15) is 10.4 Å². The number of hydrogen-bond donors (Lipinski definition) is 2. The second-order valence-corrected chi connectivity index (χ2v) is 5.87. The fourth-order valence-electron chi connectivity index (χ4n) is 2.09. The first-order chi connectivity index (χ1) is 11.6. The Kier molecular flexibility index (Phi) is 4.99. The van der Waals surface area contributed by atoms with Crippen LogP contribution in [0.4, 0.5) is 17.1 Å². The molecule has 0 atom stereocenters. The van der Waals surface area contributed by atoms with Crippen molar-refractivity contribution in [1.82, 2.24) is 4.98 Å². The van der Waals surface area contributed by atoms with Gasteiger partial charge in [-0.2, -0.15) is 0 Å². The van der Waals surface area contributed by atoms with E-state index in [9.17, 15) is 4.79 Å². The predicted octanol–water partition coefficient (Wildman–Crippen LogP) is 5.38. The number of hydrogen-bond acceptors (Lipinski definition) is 3. The van der Waals surface area contributed by atoms with E-state index in [1.165, 1.54) is 6.20 Å². The van der Waals surface area contributed by atoms with Gasteiger partial charge in [0.25, 0.3) is 5.91 Å². The number of benzene rings is 2. The summed E-state index contributed by atoms with van der Waals surface area (Å²) in [5.41, 5.74) is 2.53. The third-order valence-corrected chi connectivity index (χ3v) is 3.84. The van der Waals surface area contributed by atoms with Crippen LogP contribution in [0, 0.1) is 0 Å². The van der Waals surface area contributed by atoms with E-state index < -0.39 is 0 Å². The van der Waals surface area contributed by atoms with Gasteiger partial charge >= 0.3 is 0 Å². The van der Waals surface area contributed by atoms with Crippen molar-refractivity contribution in [2.75, 3.05) is 10.6 Å². The molecule has 0 saturated heterocycles. The Bertz CT molecular complexity index is 866. The molecule has 24 heavy (non-hydrogen) atoms. The molecule has 0 aliphatic carbocycles. The van der Waals surface area contributed by atoms with Gasteiger partial charge in [0.05, 0.1) is 28.2 Å². The molecule has 0 saturated carbocycles. The molecule has 4 nitrogen and oxygen atoms in total. The zero-order valence-corrected chi connectivity index (χ0v) is 14.0. The summed E-state index contributed by atoms with van der Waals surface area (Å²) in [5.74, 6) is -0.282. The number of nitrogens with zero attached hydrogens (tertiary/aromatic N) is 1. The Labute approximate surface area is 149 Å². The molecular formula is C18H13Cl2N3O. The molecule has 3 aromatic rings. The van der Waals surface area contributed by atoms with Gasteiger partial charge in [0, 0.05) is 16.9 Å². The Morgan fingerprint density at radius 2 is 1.67 bits per heavy atom. The Morgan fingerprint density at radius 3 is 2.42 bits per heavy atom. The van der Waals surface area contributed by atoms with E-state index in [-0.39, 0.29) is 5.91 Å². The van der Waals surface area contributed by atoms with Crippen LogP contribution in [0.3, 0.4) is 0 Å². The highest BCUT2D eigenvalue weighted by molar-refractivity contribution is 6.33. The lowest BCUT2D eigenvalue weighted by Gasteiger charge is -2.09. The van der Waals surface area contributed by atoms with E-state index >= 15 is 0 Å². The lowest BCUT2D eigenvalue weighted by Crippen LogP contribution is -2.12. The summed E-state index contributed by atoms with van der Waals surface area (Å²) in [6.45, 7) is 0. The molecule has 0 bridgehead atoms. The van der Waals surface area contributed by atoms with Crippen LogP contribution in [0.2, 0.25) is 10.0 Å². The van der Waals surface area contributed by atoms with Gasteiger partial charge in [-0.25, -0.2) is 0 Å². The number of rotatable bonds is 4. The van der Waals surface area contributed by atoms with Gasteiger partial charge in [-0.05, 0) is 42.5 Å². The van der Waals surface area contributed by atoms with Gasteiger partial charge in [-0.1, -0.05) is 35.3 Å². The van der Waals surface area contributed by atoms with Gasteiger partial charge in [-0.3, -0.25) is 9.78 Å². The molecule has 0 radical (unpaired) electrons. The molecule has 1 amide bonds. The van der Waals surface area contributed by atoms with E-state index in [1.807, 2.05) is 12.1 Å². The van der Waals surface area contributed by atoms with Gasteiger partial charge in [0.15, 0.2) is 0 Å². The minimum atomic E-state index is -0.282. The van der Waals surface area contributed by atoms with Gasteiger partial charge < -0.3 is 10.6 Å².